The van der Waals surface area contributed by atoms with Gasteiger partial charge in [0.15, 0.2) is 0 Å². The van der Waals surface area contributed by atoms with Gasteiger partial charge >= 0.3 is 0 Å². The Morgan fingerprint density at radius 3 is 2.76 bits per heavy atom. The maximum Gasteiger partial charge on any atom is 0.265 e. The van der Waals surface area contributed by atoms with E-state index in [1.54, 1.807) is 16.9 Å². The number of carbonyl (C=O) groups excluding carboxylic acids is 1. The van der Waals surface area contributed by atoms with Crippen LogP contribution in [0.4, 0.5) is 5.69 Å². The minimum Gasteiger partial charge on any atom is -0.321 e. The molecule has 1 amide bonds. The molecule has 3 rings (SSSR count). The molecule has 0 aliphatic carbocycles. The second-order valence-corrected chi connectivity index (χ2v) is 7.41. The molecule has 2 heterocycles. The molecule has 0 saturated heterocycles. The molecule has 4 nitrogen and oxygen atoms in total. The van der Waals surface area contributed by atoms with E-state index >= 15 is 0 Å². The van der Waals surface area contributed by atoms with Gasteiger partial charge in [-0.25, -0.2) is 4.68 Å². The van der Waals surface area contributed by atoms with E-state index in [2.05, 4.69) is 42.3 Å². The van der Waals surface area contributed by atoms with E-state index in [0.717, 1.165) is 19.6 Å². The molecule has 0 fully saturated rings. The number of anilines is 1. The first-order valence-corrected chi connectivity index (χ1v) is 8.40. The third-order valence-corrected chi connectivity index (χ3v) is 6.00. The van der Waals surface area contributed by atoms with Gasteiger partial charge in [0, 0.05) is 22.6 Å². The Morgan fingerprint density at radius 2 is 2.10 bits per heavy atom. The highest BCUT2D eigenvalue weighted by molar-refractivity contribution is 9.13. The summed E-state index contributed by atoms with van der Waals surface area (Å²) in [6.45, 7) is 0. The van der Waals surface area contributed by atoms with Crippen molar-refractivity contribution in [2.24, 2.45) is 0 Å². The lowest BCUT2D eigenvalue weighted by atomic mass is 10.2. The van der Waals surface area contributed by atoms with Crippen LogP contribution in [0.2, 0.25) is 0 Å². The highest BCUT2D eigenvalue weighted by atomic mass is 79.9. The lowest BCUT2D eigenvalue weighted by Crippen LogP contribution is -2.10. The van der Waals surface area contributed by atoms with Gasteiger partial charge in [-0.3, -0.25) is 4.79 Å². The van der Waals surface area contributed by atoms with E-state index in [0.29, 0.717) is 4.88 Å². The molecule has 0 saturated carbocycles. The fourth-order valence-corrected chi connectivity index (χ4v) is 3.73. The molecule has 0 spiro atoms. The number of hydrogen-bond donors (Lipinski definition) is 1. The minimum absolute atomic E-state index is 0.135. The summed E-state index contributed by atoms with van der Waals surface area (Å²) in [5, 5.41) is 7.06. The molecule has 3 aromatic rings. The molecule has 2 aromatic heterocycles. The largest absolute Gasteiger partial charge is 0.321 e. The number of thiophene rings is 1. The van der Waals surface area contributed by atoms with Crippen molar-refractivity contribution in [1.29, 1.82) is 0 Å². The van der Waals surface area contributed by atoms with Crippen molar-refractivity contribution >= 4 is 54.8 Å². The van der Waals surface area contributed by atoms with Crippen LogP contribution in [0.3, 0.4) is 0 Å². The second kappa shape index (κ2) is 6.13. The van der Waals surface area contributed by atoms with Crippen molar-refractivity contribution in [3.05, 3.63) is 61.9 Å². The van der Waals surface area contributed by atoms with Gasteiger partial charge in [-0.15, -0.1) is 11.3 Å². The maximum absolute atomic E-state index is 12.2. The Hall–Kier alpha value is -1.44. The summed E-state index contributed by atoms with van der Waals surface area (Å²) < 4.78 is 3.52. The Morgan fingerprint density at radius 1 is 1.24 bits per heavy atom. The summed E-state index contributed by atoms with van der Waals surface area (Å²) in [6, 6.07) is 11.2. The number of halogens is 2. The third-order valence-electron chi connectivity index (χ3n) is 2.74. The van der Waals surface area contributed by atoms with Crippen LogP contribution >= 0.6 is 43.2 Å². The van der Waals surface area contributed by atoms with Crippen molar-refractivity contribution in [2.75, 3.05) is 5.32 Å². The molecule has 0 unspecified atom stereocenters. The Balaban J connectivity index is 1.82. The quantitative estimate of drug-likeness (QED) is 0.659. The fraction of sp³-hybridized carbons (Fsp3) is 0. The molecule has 0 aliphatic rings. The number of amides is 1. The summed E-state index contributed by atoms with van der Waals surface area (Å²) in [6.07, 6.45) is 3.57. The van der Waals surface area contributed by atoms with Gasteiger partial charge in [0.2, 0.25) is 0 Å². The minimum atomic E-state index is -0.135. The van der Waals surface area contributed by atoms with Gasteiger partial charge < -0.3 is 5.32 Å². The van der Waals surface area contributed by atoms with Crippen LogP contribution < -0.4 is 5.32 Å². The topological polar surface area (TPSA) is 46.9 Å². The monoisotopic (exact) mass is 425 g/mol. The predicted molar refractivity (Wildman–Crippen MR) is 91.2 cm³/mol. The zero-order valence-electron chi connectivity index (χ0n) is 10.6. The average Bonchev–Trinajstić information content (AvgIpc) is 3.10. The fourth-order valence-electron chi connectivity index (χ4n) is 1.80. The highest BCUT2D eigenvalue weighted by Gasteiger charge is 2.12. The summed E-state index contributed by atoms with van der Waals surface area (Å²) in [7, 11) is 0. The molecule has 7 heteroatoms. The molecule has 106 valence electrons. The Bertz CT molecular complexity index is 764. The normalized spacial score (nSPS) is 10.6. The smallest absolute Gasteiger partial charge is 0.265 e. The number of aromatic nitrogens is 2. The Kier molecular flexibility index (Phi) is 4.23. The van der Waals surface area contributed by atoms with Crippen LogP contribution in [0.1, 0.15) is 9.67 Å². The van der Waals surface area contributed by atoms with Crippen molar-refractivity contribution in [2.45, 2.75) is 0 Å². The zero-order chi connectivity index (χ0) is 14.8. The molecule has 0 radical (unpaired) electrons. The summed E-state index contributed by atoms with van der Waals surface area (Å²) >= 11 is 8.15. The van der Waals surface area contributed by atoms with E-state index in [1.807, 2.05) is 36.5 Å². The average molecular weight is 427 g/mol. The number of carbonyl (C=O) groups is 1. The maximum atomic E-state index is 12.2. The molecular weight excluding hydrogens is 418 g/mol. The number of benzene rings is 1. The van der Waals surface area contributed by atoms with E-state index in [4.69, 9.17) is 0 Å². The Labute approximate surface area is 142 Å². The summed E-state index contributed by atoms with van der Waals surface area (Å²) in [5.41, 5.74) is 1.62. The van der Waals surface area contributed by atoms with Crippen LogP contribution in [0.5, 0.6) is 0 Å². The molecule has 0 aliphatic heterocycles. The van der Waals surface area contributed by atoms with Crippen molar-refractivity contribution in [3.8, 4) is 5.69 Å². The highest BCUT2D eigenvalue weighted by Crippen LogP contribution is 2.32. The van der Waals surface area contributed by atoms with E-state index in [-0.39, 0.29) is 5.91 Å². The van der Waals surface area contributed by atoms with Gasteiger partial charge in [0.1, 0.15) is 0 Å². The van der Waals surface area contributed by atoms with E-state index < -0.39 is 0 Å². The van der Waals surface area contributed by atoms with Crippen LogP contribution in [-0.2, 0) is 0 Å². The number of rotatable bonds is 3. The number of hydrogen-bond acceptors (Lipinski definition) is 3. The second-order valence-electron chi connectivity index (χ2n) is 4.19. The van der Waals surface area contributed by atoms with Crippen molar-refractivity contribution in [1.82, 2.24) is 9.78 Å². The van der Waals surface area contributed by atoms with Crippen LogP contribution in [0.15, 0.2) is 57.1 Å². The van der Waals surface area contributed by atoms with Crippen LogP contribution in [-0.4, -0.2) is 15.7 Å². The molecule has 0 atom stereocenters. The SMILES string of the molecule is O=C(Nc1cccc(-n2cccn2)c1)c1cc(Br)c(Br)s1. The van der Waals surface area contributed by atoms with Crippen molar-refractivity contribution < 1.29 is 4.79 Å². The first-order chi connectivity index (χ1) is 10.1. The molecule has 1 N–H and O–H groups in total. The lowest BCUT2D eigenvalue weighted by Gasteiger charge is -2.06. The lowest BCUT2D eigenvalue weighted by molar-refractivity contribution is 0.103. The van der Waals surface area contributed by atoms with E-state index in [1.165, 1.54) is 11.3 Å². The van der Waals surface area contributed by atoms with Crippen LogP contribution in [0, 0.1) is 0 Å². The molecular formula is C14H9Br2N3OS. The first-order valence-electron chi connectivity index (χ1n) is 6.00. The predicted octanol–water partition coefficient (Wildman–Crippen LogP) is 4.71. The van der Waals surface area contributed by atoms with Gasteiger partial charge in [-0.05, 0) is 62.2 Å². The first kappa shape index (κ1) is 14.5. The van der Waals surface area contributed by atoms with Gasteiger partial charge in [-0.2, -0.15) is 5.10 Å². The van der Waals surface area contributed by atoms with Gasteiger partial charge in [-0.1, -0.05) is 6.07 Å². The number of nitrogens with one attached hydrogen (secondary N) is 1. The molecule has 0 bridgehead atoms. The third kappa shape index (κ3) is 3.25. The zero-order valence-corrected chi connectivity index (χ0v) is 14.6. The summed E-state index contributed by atoms with van der Waals surface area (Å²) in [4.78, 5) is 12.8. The van der Waals surface area contributed by atoms with E-state index in [9.17, 15) is 4.79 Å². The van der Waals surface area contributed by atoms with Crippen LogP contribution in [0.25, 0.3) is 5.69 Å². The standard InChI is InChI=1S/C14H9Br2N3OS/c15-11-8-12(21-13(11)16)14(20)18-9-3-1-4-10(7-9)19-6-2-5-17-19/h1-8H,(H,18,20). The molecule has 1 aromatic carbocycles. The number of nitrogens with zero attached hydrogens (tertiary/aromatic N) is 2. The van der Waals surface area contributed by atoms with Crippen molar-refractivity contribution in [3.63, 3.8) is 0 Å². The van der Waals surface area contributed by atoms with Gasteiger partial charge in [0.25, 0.3) is 5.91 Å². The van der Waals surface area contributed by atoms with Gasteiger partial charge in [0.05, 0.1) is 14.4 Å². The molecule has 21 heavy (non-hydrogen) atoms. The summed E-state index contributed by atoms with van der Waals surface area (Å²) in [5.74, 6) is -0.135.